The Morgan fingerprint density at radius 1 is 1.27 bits per heavy atom. The second-order valence-corrected chi connectivity index (χ2v) is 4.04. The summed E-state index contributed by atoms with van der Waals surface area (Å²) < 4.78 is 2.82. The lowest BCUT2D eigenvalue weighted by Gasteiger charge is -1.99. The number of nitrogens with one attached hydrogen (secondary N) is 1. The molecule has 1 aromatic heterocycles. The highest BCUT2D eigenvalue weighted by molar-refractivity contribution is 9.10. The number of hydrogen-bond acceptors (Lipinski definition) is 2. The summed E-state index contributed by atoms with van der Waals surface area (Å²) in [6.07, 6.45) is 0. The maximum atomic E-state index is 4.46. The summed E-state index contributed by atoms with van der Waals surface area (Å²) in [5.41, 5.74) is 2.07. The van der Waals surface area contributed by atoms with E-state index in [0.717, 1.165) is 21.5 Å². The van der Waals surface area contributed by atoms with Crippen molar-refractivity contribution in [2.24, 2.45) is 7.05 Å². The number of rotatable bonds is 2. The molecule has 0 aliphatic carbocycles. The molecule has 1 aromatic carbocycles. The van der Waals surface area contributed by atoms with Crippen molar-refractivity contribution >= 4 is 21.7 Å². The van der Waals surface area contributed by atoms with Crippen molar-refractivity contribution in [2.75, 3.05) is 12.4 Å². The van der Waals surface area contributed by atoms with E-state index < -0.39 is 0 Å². The highest BCUT2D eigenvalue weighted by Crippen LogP contribution is 2.32. The van der Waals surface area contributed by atoms with Gasteiger partial charge in [0.15, 0.2) is 0 Å². The number of benzene rings is 1. The van der Waals surface area contributed by atoms with E-state index in [1.807, 2.05) is 49.1 Å². The fourth-order valence-corrected chi connectivity index (χ4v) is 2.31. The van der Waals surface area contributed by atoms with Crippen LogP contribution in [0.5, 0.6) is 0 Å². The molecule has 0 aliphatic heterocycles. The maximum absolute atomic E-state index is 4.46. The molecule has 4 heteroatoms. The summed E-state index contributed by atoms with van der Waals surface area (Å²) in [5.74, 6) is 0.980. The molecule has 0 aliphatic rings. The molecule has 78 valence electrons. The van der Waals surface area contributed by atoms with Gasteiger partial charge in [-0.15, -0.1) is 0 Å². The van der Waals surface area contributed by atoms with Crippen molar-refractivity contribution in [1.82, 2.24) is 9.78 Å². The van der Waals surface area contributed by atoms with Gasteiger partial charge in [-0.3, -0.25) is 4.68 Å². The number of aromatic nitrogens is 2. The van der Waals surface area contributed by atoms with Crippen molar-refractivity contribution < 1.29 is 0 Å². The van der Waals surface area contributed by atoms with Crippen LogP contribution in [0.25, 0.3) is 11.3 Å². The standard InChI is InChI=1S/C11H12BrN3/c1-13-11-9(12)10(14-15(11)2)8-6-4-3-5-7-8/h3-7,13H,1-2H3. The van der Waals surface area contributed by atoms with Crippen LogP contribution in [0.2, 0.25) is 0 Å². The van der Waals surface area contributed by atoms with Crippen LogP contribution in [-0.4, -0.2) is 16.8 Å². The molecular weight excluding hydrogens is 254 g/mol. The van der Waals surface area contributed by atoms with E-state index in [9.17, 15) is 0 Å². The second-order valence-electron chi connectivity index (χ2n) is 3.25. The average molecular weight is 266 g/mol. The molecule has 0 saturated heterocycles. The van der Waals surface area contributed by atoms with E-state index in [1.165, 1.54) is 0 Å². The van der Waals surface area contributed by atoms with Crippen molar-refractivity contribution in [1.29, 1.82) is 0 Å². The fraction of sp³-hybridized carbons (Fsp3) is 0.182. The predicted molar refractivity (Wildman–Crippen MR) is 65.9 cm³/mol. The average Bonchev–Trinajstić information content (AvgIpc) is 2.55. The van der Waals surface area contributed by atoms with Gasteiger partial charge in [-0.1, -0.05) is 30.3 Å². The zero-order valence-corrected chi connectivity index (χ0v) is 10.2. The molecule has 0 atom stereocenters. The summed E-state index contributed by atoms with van der Waals surface area (Å²) in [5, 5.41) is 7.57. The second kappa shape index (κ2) is 4.06. The van der Waals surface area contributed by atoms with E-state index in [0.29, 0.717) is 0 Å². The fourth-order valence-electron chi connectivity index (χ4n) is 1.55. The molecule has 0 radical (unpaired) electrons. The van der Waals surface area contributed by atoms with Crippen LogP contribution in [-0.2, 0) is 7.05 Å². The van der Waals surface area contributed by atoms with E-state index in [-0.39, 0.29) is 0 Å². The summed E-state index contributed by atoms with van der Waals surface area (Å²) in [6, 6.07) is 10.1. The minimum absolute atomic E-state index is 0.961. The first kappa shape index (κ1) is 10.2. The Balaban J connectivity index is 2.55. The lowest BCUT2D eigenvalue weighted by atomic mass is 10.2. The van der Waals surface area contributed by atoms with E-state index in [4.69, 9.17) is 0 Å². The number of aryl methyl sites for hydroxylation is 1. The lowest BCUT2D eigenvalue weighted by molar-refractivity contribution is 0.777. The molecule has 0 amide bonds. The summed E-state index contributed by atoms with van der Waals surface area (Å²) in [4.78, 5) is 0. The molecule has 0 spiro atoms. The van der Waals surface area contributed by atoms with Crippen LogP contribution >= 0.6 is 15.9 Å². The predicted octanol–water partition coefficient (Wildman–Crippen LogP) is 2.89. The zero-order chi connectivity index (χ0) is 10.8. The van der Waals surface area contributed by atoms with Crippen molar-refractivity contribution in [3.63, 3.8) is 0 Å². The molecule has 2 aromatic rings. The number of hydrogen-bond donors (Lipinski definition) is 1. The third-order valence-corrected chi connectivity index (χ3v) is 3.02. The zero-order valence-electron chi connectivity index (χ0n) is 8.66. The van der Waals surface area contributed by atoms with Gasteiger partial charge in [0.25, 0.3) is 0 Å². The lowest BCUT2D eigenvalue weighted by Crippen LogP contribution is -1.98. The maximum Gasteiger partial charge on any atom is 0.138 e. The summed E-state index contributed by atoms with van der Waals surface area (Å²) in [7, 11) is 3.81. The molecule has 3 nitrogen and oxygen atoms in total. The Morgan fingerprint density at radius 3 is 2.47 bits per heavy atom. The molecule has 0 fully saturated rings. The Labute approximate surface area is 97.2 Å². The third-order valence-electron chi connectivity index (χ3n) is 2.27. The Bertz CT molecular complexity index is 462. The summed E-state index contributed by atoms with van der Waals surface area (Å²) >= 11 is 3.55. The van der Waals surface area contributed by atoms with Crippen molar-refractivity contribution in [3.05, 3.63) is 34.8 Å². The normalized spacial score (nSPS) is 10.3. The van der Waals surface area contributed by atoms with Gasteiger partial charge in [0.2, 0.25) is 0 Å². The highest BCUT2D eigenvalue weighted by atomic mass is 79.9. The van der Waals surface area contributed by atoms with Gasteiger partial charge in [0, 0.05) is 19.7 Å². The SMILES string of the molecule is CNc1c(Br)c(-c2ccccc2)nn1C. The van der Waals surface area contributed by atoms with Crippen LogP contribution < -0.4 is 5.32 Å². The molecule has 2 rings (SSSR count). The van der Waals surface area contributed by atoms with Gasteiger partial charge in [0.1, 0.15) is 11.5 Å². The van der Waals surface area contributed by atoms with E-state index in [1.54, 1.807) is 0 Å². The first-order valence-electron chi connectivity index (χ1n) is 4.69. The van der Waals surface area contributed by atoms with Gasteiger partial charge in [0.05, 0.1) is 4.47 Å². The van der Waals surface area contributed by atoms with Crippen LogP contribution in [0.1, 0.15) is 0 Å². The van der Waals surface area contributed by atoms with Gasteiger partial charge >= 0.3 is 0 Å². The molecular formula is C11H12BrN3. The van der Waals surface area contributed by atoms with E-state index in [2.05, 4.69) is 26.3 Å². The minimum Gasteiger partial charge on any atom is -0.372 e. The quantitative estimate of drug-likeness (QED) is 0.905. The number of anilines is 1. The van der Waals surface area contributed by atoms with Crippen LogP contribution in [0.15, 0.2) is 34.8 Å². The highest BCUT2D eigenvalue weighted by Gasteiger charge is 2.13. The molecule has 15 heavy (non-hydrogen) atoms. The van der Waals surface area contributed by atoms with Gasteiger partial charge in [-0.2, -0.15) is 5.10 Å². The molecule has 1 N–H and O–H groups in total. The van der Waals surface area contributed by atoms with Gasteiger partial charge < -0.3 is 5.32 Å². The van der Waals surface area contributed by atoms with Crippen LogP contribution in [0.4, 0.5) is 5.82 Å². The van der Waals surface area contributed by atoms with E-state index >= 15 is 0 Å². The molecule has 1 heterocycles. The Morgan fingerprint density at radius 2 is 1.93 bits per heavy atom. The van der Waals surface area contributed by atoms with Crippen molar-refractivity contribution in [2.45, 2.75) is 0 Å². The van der Waals surface area contributed by atoms with Crippen molar-refractivity contribution in [3.8, 4) is 11.3 Å². The number of halogens is 1. The Kier molecular flexibility index (Phi) is 2.77. The largest absolute Gasteiger partial charge is 0.372 e. The molecule has 0 bridgehead atoms. The van der Waals surface area contributed by atoms with Gasteiger partial charge in [-0.05, 0) is 15.9 Å². The number of nitrogens with zero attached hydrogens (tertiary/aromatic N) is 2. The van der Waals surface area contributed by atoms with Gasteiger partial charge in [-0.25, -0.2) is 0 Å². The molecule has 0 unspecified atom stereocenters. The minimum atomic E-state index is 0.961. The summed E-state index contributed by atoms with van der Waals surface area (Å²) in [6.45, 7) is 0. The first-order chi connectivity index (χ1) is 7.24. The monoisotopic (exact) mass is 265 g/mol. The van der Waals surface area contributed by atoms with Crippen LogP contribution in [0, 0.1) is 0 Å². The topological polar surface area (TPSA) is 29.9 Å². The third kappa shape index (κ3) is 1.77. The Hall–Kier alpha value is -1.29. The first-order valence-corrected chi connectivity index (χ1v) is 5.49. The smallest absolute Gasteiger partial charge is 0.138 e. The van der Waals surface area contributed by atoms with Crippen LogP contribution in [0.3, 0.4) is 0 Å². The molecule has 0 saturated carbocycles.